The van der Waals surface area contributed by atoms with Gasteiger partial charge in [-0.15, -0.1) is 10.2 Å². The molecule has 6 heteroatoms. The van der Waals surface area contributed by atoms with Gasteiger partial charge in [-0.1, -0.05) is 36.8 Å². The van der Waals surface area contributed by atoms with Gasteiger partial charge in [0, 0.05) is 12.2 Å². The lowest BCUT2D eigenvalue weighted by atomic mass is 10.1. The van der Waals surface area contributed by atoms with Crippen LogP contribution in [-0.2, 0) is 6.42 Å². The van der Waals surface area contributed by atoms with E-state index in [0.717, 1.165) is 18.7 Å². The smallest absolute Gasteiger partial charge is 0.286 e. The van der Waals surface area contributed by atoms with Crippen molar-refractivity contribution in [3.05, 3.63) is 34.8 Å². The van der Waals surface area contributed by atoms with Crippen LogP contribution in [0.2, 0.25) is 0 Å². The lowest BCUT2D eigenvalue weighted by Crippen LogP contribution is -2.11. The summed E-state index contributed by atoms with van der Waals surface area (Å²) in [4.78, 5) is 12.1. The molecule has 0 unspecified atom stereocenters. The van der Waals surface area contributed by atoms with E-state index in [1.165, 1.54) is 29.7 Å². The van der Waals surface area contributed by atoms with Gasteiger partial charge >= 0.3 is 0 Å². The quantitative estimate of drug-likeness (QED) is 0.820. The molecule has 1 aromatic heterocycles. The predicted molar refractivity (Wildman–Crippen MR) is 87.1 cm³/mol. The number of rotatable bonds is 7. The number of aromatic nitrogens is 2. The Morgan fingerprint density at radius 2 is 1.95 bits per heavy atom. The fourth-order valence-electron chi connectivity index (χ4n) is 1.86. The van der Waals surface area contributed by atoms with Crippen molar-refractivity contribution in [2.75, 3.05) is 17.2 Å². The first kappa shape index (κ1) is 15.4. The first-order valence-electron chi connectivity index (χ1n) is 7.20. The summed E-state index contributed by atoms with van der Waals surface area (Å²) in [5.74, 6) is -0.224. The highest BCUT2D eigenvalue weighted by atomic mass is 32.1. The van der Waals surface area contributed by atoms with Crippen LogP contribution in [0.5, 0.6) is 0 Å². The minimum absolute atomic E-state index is 0.224. The molecule has 2 rings (SSSR count). The summed E-state index contributed by atoms with van der Waals surface area (Å²) in [7, 11) is 0. The summed E-state index contributed by atoms with van der Waals surface area (Å²) in [5.41, 5.74) is 2.07. The summed E-state index contributed by atoms with van der Waals surface area (Å²) in [6, 6.07) is 7.95. The first-order valence-corrected chi connectivity index (χ1v) is 8.02. The van der Waals surface area contributed by atoms with Crippen molar-refractivity contribution in [3.8, 4) is 0 Å². The predicted octanol–water partition coefficient (Wildman–Crippen LogP) is 3.56. The second-order valence-electron chi connectivity index (χ2n) is 4.70. The zero-order valence-electron chi connectivity index (χ0n) is 12.3. The summed E-state index contributed by atoms with van der Waals surface area (Å²) >= 11 is 1.25. The first-order chi connectivity index (χ1) is 10.2. The van der Waals surface area contributed by atoms with Gasteiger partial charge in [0.05, 0.1) is 0 Å². The van der Waals surface area contributed by atoms with Crippen LogP contribution in [0.4, 0.5) is 10.8 Å². The molecule has 0 radical (unpaired) electrons. The van der Waals surface area contributed by atoms with Gasteiger partial charge in [0.2, 0.25) is 10.1 Å². The molecule has 0 fully saturated rings. The molecule has 0 saturated heterocycles. The van der Waals surface area contributed by atoms with Crippen molar-refractivity contribution in [3.63, 3.8) is 0 Å². The van der Waals surface area contributed by atoms with E-state index in [-0.39, 0.29) is 5.91 Å². The highest BCUT2D eigenvalue weighted by Gasteiger charge is 2.12. The normalized spacial score (nSPS) is 10.4. The van der Waals surface area contributed by atoms with Crippen molar-refractivity contribution in [1.82, 2.24) is 10.2 Å². The van der Waals surface area contributed by atoms with Crippen LogP contribution in [0.25, 0.3) is 0 Å². The van der Waals surface area contributed by atoms with Gasteiger partial charge in [-0.2, -0.15) is 0 Å². The van der Waals surface area contributed by atoms with Gasteiger partial charge in [0.1, 0.15) is 0 Å². The highest BCUT2D eigenvalue weighted by Crippen LogP contribution is 2.17. The van der Waals surface area contributed by atoms with Gasteiger partial charge in [-0.25, -0.2) is 0 Å². The average molecular weight is 304 g/mol. The number of nitrogens with one attached hydrogen (secondary N) is 2. The Morgan fingerprint density at radius 3 is 2.62 bits per heavy atom. The number of benzene rings is 1. The number of hydrogen-bond acceptors (Lipinski definition) is 5. The zero-order valence-corrected chi connectivity index (χ0v) is 13.2. The van der Waals surface area contributed by atoms with Gasteiger partial charge in [-0.3, -0.25) is 4.79 Å². The van der Waals surface area contributed by atoms with Gasteiger partial charge in [0.25, 0.3) is 5.91 Å². The minimum Gasteiger partial charge on any atom is -0.360 e. The third-order valence-corrected chi connectivity index (χ3v) is 3.86. The molecule has 1 heterocycles. The Hall–Kier alpha value is -1.95. The Morgan fingerprint density at radius 1 is 1.19 bits per heavy atom. The van der Waals surface area contributed by atoms with E-state index in [1.54, 1.807) is 0 Å². The molecule has 2 N–H and O–H groups in total. The summed E-state index contributed by atoms with van der Waals surface area (Å²) in [6.07, 6.45) is 3.44. The monoisotopic (exact) mass is 304 g/mol. The molecule has 21 heavy (non-hydrogen) atoms. The Labute approximate surface area is 128 Å². The lowest BCUT2D eigenvalue weighted by Gasteiger charge is -2.04. The fourth-order valence-corrected chi connectivity index (χ4v) is 2.56. The van der Waals surface area contributed by atoms with E-state index < -0.39 is 0 Å². The SMILES string of the molecule is CCCCc1ccc(NC(=O)c2nnc(NCC)s2)cc1. The van der Waals surface area contributed by atoms with Crippen LogP contribution in [0.1, 0.15) is 42.1 Å². The third-order valence-electron chi connectivity index (χ3n) is 2.98. The molecule has 0 bridgehead atoms. The van der Waals surface area contributed by atoms with Gasteiger partial charge < -0.3 is 10.6 Å². The number of aryl methyl sites for hydroxylation is 1. The molecule has 1 amide bonds. The third kappa shape index (κ3) is 4.53. The molecule has 0 spiro atoms. The fraction of sp³-hybridized carbons (Fsp3) is 0.400. The number of carbonyl (C=O) groups is 1. The maximum Gasteiger partial charge on any atom is 0.286 e. The molecule has 5 nitrogen and oxygen atoms in total. The topological polar surface area (TPSA) is 66.9 Å². The van der Waals surface area contributed by atoms with Crippen LogP contribution in [0, 0.1) is 0 Å². The molecule has 0 aliphatic rings. The number of anilines is 2. The van der Waals surface area contributed by atoms with Crippen molar-refractivity contribution in [1.29, 1.82) is 0 Å². The van der Waals surface area contributed by atoms with Gasteiger partial charge in [-0.05, 0) is 37.5 Å². The van der Waals surface area contributed by atoms with E-state index in [0.29, 0.717) is 10.1 Å². The van der Waals surface area contributed by atoms with E-state index in [9.17, 15) is 4.79 Å². The molecule has 0 saturated carbocycles. The molecular weight excluding hydrogens is 284 g/mol. The molecule has 2 aromatic rings. The van der Waals surface area contributed by atoms with E-state index >= 15 is 0 Å². The second-order valence-corrected chi connectivity index (χ2v) is 5.67. The van der Waals surface area contributed by atoms with Crippen LogP contribution in [-0.4, -0.2) is 22.6 Å². The maximum atomic E-state index is 12.1. The largest absolute Gasteiger partial charge is 0.360 e. The highest BCUT2D eigenvalue weighted by molar-refractivity contribution is 7.17. The molecule has 112 valence electrons. The van der Waals surface area contributed by atoms with Gasteiger partial charge in [0.15, 0.2) is 0 Å². The standard InChI is InChI=1S/C15H20N4OS/c1-3-5-6-11-7-9-12(10-8-11)17-13(20)14-18-19-15(21-14)16-4-2/h7-10H,3-6H2,1-2H3,(H,16,19)(H,17,20). The maximum absolute atomic E-state index is 12.1. The number of hydrogen-bond donors (Lipinski definition) is 2. The van der Waals surface area contributed by atoms with Crippen LogP contribution in [0.15, 0.2) is 24.3 Å². The Balaban J connectivity index is 1.95. The molecule has 0 aliphatic heterocycles. The molecule has 0 aliphatic carbocycles. The van der Waals surface area contributed by atoms with Crippen LogP contribution < -0.4 is 10.6 Å². The van der Waals surface area contributed by atoms with E-state index in [2.05, 4.69) is 39.9 Å². The molecule has 1 aromatic carbocycles. The summed E-state index contributed by atoms with van der Waals surface area (Å²) < 4.78 is 0. The molecular formula is C15H20N4OS. The number of nitrogens with zero attached hydrogens (tertiary/aromatic N) is 2. The van der Waals surface area contributed by atoms with Crippen molar-refractivity contribution < 1.29 is 4.79 Å². The van der Waals surface area contributed by atoms with Crippen molar-refractivity contribution >= 4 is 28.1 Å². The summed E-state index contributed by atoms with van der Waals surface area (Å²) in [6.45, 7) is 4.91. The number of amides is 1. The van der Waals surface area contributed by atoms with E-state index in [4.69, 9.17) is 0 Å². The summed E-state index contributed by atoms with van der Waals surface area (Å²) in [5, 5.41) is 14.7. The van der Waals surface area contributed by atoms with Crippen LogP contribution in [0.3, 0.4) is 0 Å². The van der Waals surface area contributed by atoms with Crippen LogP contribution >= 0.6 is 11.3 Å². The Bertz CT molecular complexity index is 580. The Kier molecular flexibility index (Phi) is 5.68. The molecule has 0 atom stereocenters. The van der Waals surface area contributed by atoms with E-state index in [1.807, 2.05) is 19.1 Å². The van der Waals surface area contributed by atoms with Crippen molar-refractivity contribution in [2.24, 2.45) is 0 Å². The second kappa shape index (κ2) is 7.73. The number of carbonyl (C=O) groups excluding carboxylic acids is 1. The lowest BCUT2D eigenvalue weighted by molar-refractivity contribution is 0.102. The zero-order chi connectivity index (χ0) is 15.1. The van der Waals surface area contributed by atoms with Crippen molar-refractivity contribution in [2.45, 2.75) is 33.1 Å². The average Bonchev–Trinajstić information content (AvgIpc) is 2.96. The number of unbranched alkanes of at least 4 members (excludes halogenated alkanes) is 1. The minimum atomic E-state index is -0.224.